The van der Waals surface area contributed by atoms with Gasteiger partial charge in [-0.25, -0.2) is 0 Å². The Morgan fingerprint density at radius 1 is 1.38 bits per heavy atom. The lowest BCUT2D eigenvalue weighted by Crippen LogP contribution is -2.64. The van der Waals surface area contributed by atoms with E-state index in [1.165, 1.54) is 36.9 Å². The van der Waals surface area contributed by atoms with Crippen LogP contribution in [0.25, 0.3) is 0 Å². The van der Waals surface area contributed by atoms with Crippen molar-refractivity contribution >= 4 is 0 Å². The van der Waals surface area contributed by atoms with E-state index in [1.807, 2.05) is 12.3 Å². The third kappa shape index (κ3) is 3.00. The summed E-state index contributed by atoms with van der Waals surface area (Å²) in [6.45, 7) is 10.2. The van der Waals surface area contributed by atoms with Crippen molar-refractivity contribution in [3.05, 3.63) is 29.6 Å². The molecular weight excluding hydrogens is 258 g/mol. The third-order valence-corrected chi connectivity index (χ3v) is 5.58. The standard InChI is InChI=1S/C18H29N3/c1-14(2)16-11-21(12-17-15(3)7-6-10-19-17)18(13-20-16)8-4-5-9-18/h6-7,10,14,16,20H,4-5,8-9,11-13H2,1-3H3. The zero-order chi connectivity index (χ0) is 14.9. The SMILES string of the molecule is Cc1cccnc1CN1CC(C(C)C)NCC12CCCC2. The van der Waals surface area contributed by atoms with E-state index < -0.39 is 0 Å². The van der Waals surface area contributed by atoms with Gasteiger partial charge in [-0.15, -0.1) is 0 Å². The van der Waals surface area contributed by atoms with Gasteiger partial charge in [0, 0.05) is 37.4 Å². The molecule has 21 heavy (non-hydrogen) atoms. The first-order valence-electron chi connectivity index (χ1n) is 8.50. The molecule has 0 amide bonds. The van der Waals surface area contributed by atoms with Gasteiger partial charge in [0.05, 0.1) is 5.69 Å². The zero-order valence-corrected chi connectivity index (χ0v) is 13.7. The van der Waals surface area contributed by atoms with Gasteiger partial charge in [0.15, 0.2) is 0 Å². The topological polar surface area (TPSA) is 28.2 Å². The van der Waals surface area contributed by atoms with E-state index in [4.69, 9.17) is 0 Å². The number of nitrogens with one attached hydrogen (secondary N) is 1. The van der Waals surface area contributed by atoms with Crippen molar-refractivity contribution in [1.82, 2.24) is 15.2 Å². The van der Waals surface area contributed by atoms with E-state index in [-0.39, 0.29) is 0 Å². The second-order valence-corrected chi connectivity index (χ2v) is 7.31. The molecule has 1 aromatic heterocycles. The van der Waals surface area contributed by atoms with E-state index in [1.54, 1.807) is 0 Å². The molecule has 1 saturated carbocycles. The van der Waals surface area contributed by atoms with Gasteiger partial charge in [0.2, 0.25) is 0 Å². The Labute approximate surface area is 129 Å². The molecule has 1 saturated heterocycles. The predicted octanol–water partition coefficient (Wildman–Crippen LogP) is 3.13. The van der Waals surface area contributed by atoms with Gasteiger partial charge in [0.25, 0.3) is 0 Å². The number of pyridine rings is 1. The van der Waals surface area contributed by atoms with Crippen LogP contribution in [0.3, 0.4) is 0 Å². The fourth-order valence-corrected chi connectivity index (χ4v) is 4.00. The quantitative estimate of drug-likeness (QED) is 0.926. The number of rotatable bonds is 3. The van der Waals surface area contributed by atoms with E-state index in [2.05, 4.69) is 42.0 Å². The molecule has 1 unspecified atom stereocenters. The van der Waals surface area contributed by atoms with Crippen LogP contribution in [0.5, 0.6) is 0 Å². The predicted molar refractivity (Wildman–Crippen MR) is 87.2 cm³/mol. The van der Waals surface area contributed by atoms with Crippen molar-refractivity contribution in [2.75, 3.05) is 13.1 Å². The lowest BCUT2D eigenvalue weighted by Gasteiger charge is -2.49. The molecular formula is C18H29N3. The molecule has 1 aromatic rings. The average molecular weight is 287 g/mol. The van der Waals surface area contributed by atoms with Gasteiger partial charge in [-0.2, -0.15) is 0 Å². The maximum Gasteiger partial charge on any atom is 0.0573 e. The number of aromatic nitrogens is 1. The van der Waals surface area contributed by atoms with Gasteiger partial charge in [-0.05, 0) is 37.3 Å². The van der Waals surface area contributed by atoms with Crippen molar-refractivity contribution in [3.8, 4) is 0 Å². The normalized spacial score (nSPS) is 25.8. The fraction of sp³-hybridized carbons (Fsp3) is 0.722. The number of hydrogen-bond donors (Lipinski definition) is 1. The number of nitrogens with zero attached hydrogens (tertiary/aromatic N) is 2. The third-order valence-electron chi connectivity index (χ3n) is 5.58. The van der Waals surface area contributed by atoms with Gasteiger partial charge >= 0.3 is 0 Å². The van der Waals surface area contributed by atoms with Crippen LogP contribution in [-0.4, -0.2) is 34.6 Å². The Balaban J connectivity index is 1.81. The molecule has 116 valence electrons. The number of aryl methyl sites for hydroxylation is 1. The molecule has 3 nitrogen and oxygen atoms in total. The van der Waals surface area contributed by atoms with Crippen LogP contribution in [0.1, 0.15) is 50.8 Å². The molecule has 2 fully saturated rings. The van der Waals surface area contributed by atoms with Gasteiger partial charge < -0.3 is 5.32 Å². The summed E-state index contributed by atoms with van der Waals surface area (Å²) in [5.74, 6) is 0.691. The summed E-state index contributed by atoms with van der Waals surface area (Å²) >= 11 is 0. The number of piperazine rings is 1. The first-order valence-corrected chi connectivity index (χ1v) is 8.50. The van der Waals surface area contributed by atoms with Crippen molar-refractivity contribution in [2.24, 2.45) is 5.92 Å². The molecule has 1 spiro atoms. The van der Waals surface area contributed by atoms with Crippen LogP contribution < -0.4 is 5.32 Å². The van der Waals surface area contributed by atoms with Crippen LogP contribution in [0.4, 0.5) is 0 Å². The Morgan fingerprint density at radius 2 is 2.14 bits per heavy atom. The minimum atomic E-state index is 0.384. The summed E-state index contributed by atoms with van der Waals surface area (Å²) in [5.41, 5.74) is 2.97. The highest BCUT2D eigenvalue weighted by Crippen LogP contribution is 2.38. The molecule has 1 N–H and O–H groups in total. The van der Waals surface area contributed by atoms with Gasteiger partial charge in [-0.3, -0.25) is 9.88 Å². The molecule has 0 aromatic carbocycles. The first kappa shape index (κ1) is 15.0. The van der Waals surface area contributed by atoms with Gasteiger partial charge in [-0.1, -0.05) is 32.8 Å². The van der Waals surface area contributed by atoms with Crippen molar-refractivity contribution in [2.45, 2.75) is 64.6 Å². The van der Waals surface area contributed by atoms with Gasteiger partial charge in [0.1, 0.15) is 0 Å². The van der Waals surface area contributed by atoms with Crippen LogP contribution in [0, 0.1) is 12.8 Å². The van der Waals surface area contributed by atoms with Crippen molar-refractivity contribution in [1.29, 1.82) is 0 Å². The van der Waals surface area contributed by atoms with E-state index in [0.29, 0.717) is 17.5 Å². The molecule has 1 aliphatic heterocycles. The smallest absolute Gasteiger partial charge is 0.0573 e. The maximum atomic E-state index is 4.63. The Morgan fingerprint density at radius 3 is 2.81 bits per heavy atom. The van der Waals surface area contributed by atoms with E-state index in [9.17, 15) is 0 Å². The Bertz CT molecular complexity index is 477. The summed E-state index contributed by atoms with van der Waals surface area (Å²) in [6, 6.07) is 4.84. The van der Waals surface area contributed by atoms with Crippen LogP contribution in [-0.2, 0) is 6.54 Å². The lowest BCUT2D eigenvalue weighted by atomic mass is 9.88. The molecule has 0 bridgehead atoms. The minimum absolute atomic E-state index is 0.384. The molecule has 1 aliphatic carbocycles. The van der Waals surface area contributed by atoms with E-state index in [0.717, 1.165) is 19.6 Å². The van der Waals surface area contributed by atoms with Crippen LogP contribution >= 0.6 is 0 Å². The largest absolute Gasteiger partial charge is 0.311 e. The highest BCUT2D eigenvalue weighted by Gasteiger charge is 2.43. The highest BCUT2D eigenvalue weighted by molar-refractivity contribution is 5.18. The summed E-state index contributed by atoms with van der Waals surface area (Å²) in [6.07, 6.45) is 7.39. The molecule has 3 heteroatoms. The second-order valence-electron chi connectivity index (χ2n) is 7.31. The fourth-order valence-electron chi connectivity index (χ4n) is 4.00. The molecule has 3 rings (SSSR count). The number of hydrogen-bond acceptors (Lipinski definition) is 3. The summed E-state index contributed by atoms with van der Waals surface area (Å²) in [7, 11) is 0. The molecule has 1 atom stereocenters. The Kier molecular flexibility index (Phi) is 4.32. The van der Waals surface area contributed by atoms with Crippen molar-refractivity contribution < 1.29 is 0 Å². The van der Waals surface area contributed by atoms with Crippen LogP contribution in [0.15, 0.2) is 18.3 Å². The maximum absolute atomic E-state index is 4.63. The minimum Gasteiger partial charge on any atom is -0.311 e. The summed E-state index contributed by atoms with van der Waals surface area (Å²) in [5, 5.41) is 3.82. The molecule has 2 heterocycles. The average Bonchev–Trinajstić information content (AvgIpc) is 2.93. The zero-order valence-electron chi connectivity index (χ0n) is 13.7. The van der Waals surface area contributed by atoms with Crippen LogP contribution in [0.2, 0.25) is 0 Å². The lowest BCUT2D eigenvalue weighted by molar-refractivity contribution is 0.0249. The second kappa shape index (κ2) is 6.05. The molecule has 0 radical (unpaired) electrons. The van der Waals surface area contributed by atoms with Crippen molar-refractivity contribution in [3.63, 3.8) is 0 Å². The highest BCUT2D eigenvalue weighted by atomic mass is 15.3. The monoisotopic (exact) mass is 287 g/mol. The molecule has 2 aliphatic rings. The Hall–Kier alpha value is -0.930. The first-order chi connectivity index (χ1) is 10.1. The summed E-state index contributed by atoms with van der Waals surface area (Å²) < 4.78 is 0. The summed E-state index contributed by atoms with van der Waals surface area (Å²) in [4.78, 5) is 7.38. The van der Waals surface area contributed by atoms with E-state index >= 15 is 0 Å².